The number of rotatable bonds is 0. The second-order valence-electron chi connectivity index (χ2n) is 4.60. The minimum Gasteiger partial charge on any atom is -0.329 e. The van der Waals surface area contributed by atoms with Crippen LogP contribution in [-0.4, -0.2) is 9.55 Å². The summed E-state index contributed by atoms with van der Waals surface area (Å²) < 4.78 is 2.19. The van der Waals surface area contributed by atoms with Gasteiger partial charge in [-0.15, -0.1) is 0 Å². The van der Waals surface area contributed by atoms with Crippen LogP contribution in [-0.2, 0) is 13.0 Å². The van der Waals surface area contributed by atoms with Gasteiger partial charge in [-0.2, -0.15) is 4.98 Å². The van der Waals surface area contributed by atoms with E-state index < -0.39 is 0 Å². The van der Waals surface area contributed by atoms with E-state index in [1.165, 1.54) is 6.42 Å². The van der Waals surface area contributed by atoms with Crippen molar-refractivity contribution in [1.29, 1.82) is 0 Å². The Bertz CT molecular complexity index is 600. The third-order valence-corrected chi connectivity index (χ3v) is 3.34. The SMILES string of the molecule is CC1CCn2c(nc(=O)c3ccccc32)C1. The van der Waals surface area contributed by atoms with Gasteiger partial charge in [0.15, 0.2) is 0 Å². The summed E-state index contributed by atoms with van der Waals surface area (Å²) in [5, 5.41) is 0.737. The Hall–Kier alpha value is -1.64. The zero-order valence-corrected chi connectivity index (χ0v) is 9.31. The first kappa shape index (κ1) is 9.58. The molecule has 2 aromatic rings. The van der Waals surface area contributed by atoms with E-state index in [9.17, 15) is 4.79 Å². The molecule has 2 heterocycles. The van der Waals surface area contributed by atoms with E-state index in [1.807, 2.05) is 24.3 Å². The number of para-hydroxylation sites is 1. The van der Waals surface area contributed by atoms with E-state index in [0.717, 1.165) is 29.7 Å². The molecule has 0 saturated carbocycles. The molecule has 16 heavy (non-hydrogen) atoms. The number of aryl methyl sites for hydroxylation is 1. The highest BCUT2D eigenvalue weighted by molar-refractivity contribution is 5.78. The molecule has 0 radical (unpaired) electrons. The lowest BCUT2D eigenvalue weighted by molar-refractivity contribution is 0.408. The standard InChI is InChI=1S/C13H14N2O/c1-9-6-7-15-11-5-3-2-4-10(11)13(16)14-12(15)8-9/h2-5,9H,6-8H2,1H3. The summed E-state index contributed by atoms with van der Waals surface area (Å²) in [6, 6.07) is 7.74. The maximum absolute atomic E-state index is 11.8. The molecule has 1 aromatic heterocycles. The van der Waals surface area contributed by atoms with Crippen LogP contribution in [0.15, 0.2) is 29.1 Å². The zero-order chi connectivity index (χ0) is 11.1. The highest BCUT2D eigenvalue weighted by Crippen LogP contribution is 2.21. The Morgan fingerprint density at radius 3 is 3.06 bits per heavy atom. The summed E-state index contributed by atoms with van der Waals surface area (Å²) in [5.41, 5.74) is 0.945. The van der Waals surface area contributed by atoms with E-state index >= 15 is 0 Å². The number of hydrogen-bond donors (Lipinski definition) is 0. The lowest BCUT2D eigenvalue weighted by atomic mass is 9.99. The minimum absolute atomic E-state index is 0.0871. The molecule has 1 aromatic carbocycles. The van der Waals surface area contributed by atoms with Crippen LogP contribution in [0.3, 0.4) is 0 Å². The molecule has 0 amide bonds. The molecule has 1 aliphatic rings. The van der Waals surface area contributed by atoms with Gasteiger partial charge in [-0.3, -0.25) is 4.79 Å². The van der Waals surface area contributed by atoms with Crippen molar-refractivity contribution in [2.75, 3.05) is 0 Å². The van der Waals surface area contributed by atoms with Crippen LogP contribution in [0, 0.1) is 5.92 Å². The summed E-state index contributed by atoms with van der Waals surface area (Å²) in [6.45, 7) is 3.19. The van der Waals surface area contributed by atoms with Crippen LogP contribution in [0.4, 0.5) is 0 Å². The van der Waals surface area contributed by atoms with E-state index in [1.54, 1.807) is 0 Å². The third-order valence-electron chi connectivity index (χ3n) is 3.34. The van der Waals surface area contributed by atoms with Gasteiger partial charge in [0.25, 0.3) is 5.56 Å². The van der Waals surface area contributed by atoms with Crippen molar-refractivity contribution in [2.45, 2.75) is 26.3 Å². The van der Waals surface area contributed by atoms with Gasteiger partial charge in [-0.1, -0.05) is 19.1 Å². The zero-order valence-electron chi connectivity index (χ0n) is 9.31. The van der Waals surface area contributed by atoms with Crippen molar-refractivity contribution in [3.63, 3.8) is 0 Å². The molecule has 3 nitrogen and oxygen atoms in total. The van der Waals surface area contributed by atoms with Gasteiger partial charge in [0, 0.05) is 13.0 Å². The van der Waals surface area contributed by atoms with E-state index in [4.69, 9.17) is 0 Å². The predicted molar refractivity (Wildman–Crippen MR) is 63.5 cm³/mol. The number of benzene rings is 1. The predicted octanol–water partition coefficient (Wildman–Crippen LogP) is 1.98. The molecule has 82 valence electrons. The summed E-state index contributed by atoms with van der Waals surface area (Å²) in [7, 11) is 0. The van der Waals surface area contributed by atoms with Gasteiger partial charge in [-0.05, 0) is 24.5 Å². The van der Waals surface area contributed by atoms with Crippen LogP contribution in [0.25, 0.3) is 10.9 Å². The Kier molecular flexibility index (Phi) is 2.06. The van der Waals surface area contributed by atoms with Crippen molar-refractivity contribution in [3.8, 4) is 0 Å². The molecule has 3 heteroatoms. The van der Waals surface area contributed by atoms with Crippen molar-refractivity contribution in [3.05, 3.63) is 40.4 Å². The van der Waals surface area contributed by atoms with Crippen molar-refractivity contribution >= 4 is 10.9 Å². The van der Waals surface area contributed by atoms with Crippen LogP contribution in [0.2, 0.25) is 0 Å². The molecule has 3 rings (SSSR count). The first-order valence-corrected chi connectivity index (χ1v) is 5.74. The number of fused-ring (bicyclic) bond motifs is 3. The molecular weight excluding hydrogens is 200 g/mol. The number of aromatic nitrogens is 2. The average Bonchev–Trinajstić information content (AvgIpc) is 2.29. The Morgan fingerprint density at radius 1 is 1.38 bits per heavy atom. The van der Waals surface area contributed by atoms with E-state index in [2.05, 4.69) is 16.5 Å². The summed E-state index contributed by atoms with van der Waals surface area (Å²) in [5.74, 6) is 1.58. The van der Waals surface area contributed by atoms with Crippen LogP contribution < -0.4 is 5.56 Å². The molecule has 0 fully saturated rings. The second kappa shape index (κ2) is 3.44. The molecule has 1 atom stereocenters. The third kappa shape index (κ3) is 1.35. The van der Waals surface area contributed by atoms with E-state index in [-0.39, 0.29) is 5.56 Å². The van der Waals surface area contributed by atoms with Crippen molar-refractivity contribution < 1.29 is 0 Å². The second-order valence-corrected chi connectivity index (χ2v) is 4.60. The molecule has 1 unspecified atom stereocenters. The Balaban J connectivity index is 2.36. The van der Waals surface area contributed by atoms with Crippen LogP contribution >= 0.6 is 0 Å². The Labute approximate surface area is 93.7 Å². The first-order chi connectivity index (χ1) is 7.75. The highest BCUT2D eigenvalue weighted by Gasteiger charge is 2.18. The molecule has 0 saturated heterocycles. The van der Waals surface area contributed by atoms with Gasteiger partial charge < -0.3 is 4.57 Å². The van der Waals surface area contributed by atoms with Gasteiger partial charge in [-0.25, -0.2) is 0 Å². The summed E-state index contributed by atoms with van der Waals surface area (Å²) in [6.07, 6.45) is 2.08. The monoisotopic (exact) mass is 214 g/mol. The normalized spacial score (nSPS) is 19.7. The maximum atomic E-state index is 11.8. The van der Waals surface area contributed by atoms with Crippen molar-refractivity contribution in [2.24, 2.45) is 5.92 Å². The highest BCUT2D eigenvalue weighted by atomic mass is 16.1. The fraction of sp³-hybridized carbons (Fsp3) is 0.385. The minimum atomic E-state index is -0.0871. The Morgan fingerprint density at radius 2 is 2.19 bits per heavy atom. The quantitative estimate of drug-likeness (QED) is 0.672. The van der Waals surface area contributed by atoms with Crippen molar-refractivity contribution in [1.82, 2.24) is 9.55 Å². The van der Waals surface area contributed by atoms with Gasteiger partial charge in [0.2, 0.25) is 0 Å². The lowest BCUT2D eigenvalue weighted by Gasteiger charge is -2.24. The fourth-order valence-electron chi connectivity index (χ4n) is 2.44. The fourth-order valence-corrected chi connectivity index (χ4v) is 2.44. The van der Waals surface area contributed by atoms with Gasteiger partial charge in [0.1, 0.15) is 5.82 Å². The molecule has 0 spiro atoms. The van der Waals surface area contributed by atoms with E-state index in [0.29, 0.717) is 5.92 Å². The summed E-state index contributed by atoms with van der Waals surface area (Å²) >= 11 is 0. The topological polar surface area (TPSA) is 34.9 Å². The first-order valence-electron chi connectivity index (χ1n) is 5.74. The maximum Gasteiger partial charge on any atom is 0.280 e. The molecule has 1 aliphatic heterocycles. The molecular formula is C13H14N2O. The lowest BCUT2D eigenvalue weighted by Crippen LogP contribution is -2.25. The number of nitrogens with zero attached hydrogens (tertiary/aromatic N) is 2. The summed E-state index contributed by atoms with van der Waals surface area (Å²) in [4.78, 5) is 16.0. The van der Waals surface area contributed by atoms with Gasteiger partial charge >= 0.3 is 0 Å². The molecule has 0 N–H and O–H groups in total. The average molecular weight is 214 g/mol. The van der Waals surface area contributed by atoms with Crippen LogP contribution in [0.5, 0.6) is 0 Å². The molecule has 0 bridgehead atoms. The smallest absolute Gasteiger partial charge is 0.280 e. The molecule has 0 aliphatic carbocycles. The largest absolute Gasteiger partial charge is 0.329 e. The van der Waals surface area contributed by atoms with Crippen LogP contribution in [0.1, 0.15) is 19.2 Å². The number of hydrogen-bond acceptors (Lipinski definition) is 2. The van der Waals surface area contributed by atoms with Gasteiger partial charge in [0.05, 0.1) is 10.9 Å².